The van der Waals surface area contributed by atoms with E-state index < -0.39 is 35.7 Å². The SMILES string of the molecule is COc1cc(C(F)(F)F)ncc1C(O)CN1CCN(C(=O)OC(C)(C)C)C[C@H]1CO. The van der Waals surface area contributed by atoms with E-state index in [2.05, 4.69) is 4.98 Å². The molecular formula is C19H28F3N3O5. The van der Waals surface area contributed by atoms with Crippen LogP contribution in [-0.2, 0) is 10.9 Å². The second kappa shape index (κ2) is 9.36. The first-order valence-corrected chi connectivity index (χ1v) is 9.47. The lowest BCUT2D eigenvalue weighted by Gasteiger charge is -2.41. The molecule has 1 saturated heterocycles. The molecule has 11 heteroatoms. The molecule has 1 aromatic heterocycles. The Morgan fingerprint density at radius 1 is 1.33 bits per heavy atom. The maximum absolute atomic E-state index is 12.9. The van der Waals surface area contributed by atoms with Crippen LogP contribution in [0.4, 0.5) is 18.0 Å². The topological polar surface area (TPSA) is 95.4 Å². The van der Waals surface area contributed by atoms with Crippen molar-refractivity contribution < 1.29 is 37.7 Å². The highest BCUT2D eigenvalue weighted by molar-refractivity contribution is 5.68. The Kier molecular flexibility index (Phi) is 7.54. The predicted octanol–water partition coefficient (Wildman–Crippen LogP) is 2.06. The predicted molar refractivity (Wildman–Crippen MR) is 101 cm³/mol. The van der Waals surface area contributed by atoms with E-state index in [-0.39, 0.29) is 31.0 Å². The molecule has 1 aliphatic heterocycles. The number of aliphatic hydroxyl groups excluding tert-OH is 2. The number of carbonyl (C=O) groups excluding carboxylic acids is 1. The first-order chi connectivity index (χ1) is 13.9. The van der Waals surface area contributed by atoms with Gasteiger partial charge in [0, 0.05) is 44.0 Å². The summed E-state index contributed by atoms with van der Waals surface area (Å²) in [4.78, 5) is 18.9. The molecule has 30 heavy (non-hydrogen) atoms. The zero-order valence-corrected chi connectivity index (χ0v) is 17.4. The molecule has 1 amide bonds. The van der Waals surface area contributed by atoms with Crippen molar-refractivity contribution in [2.24, 2.45) is 0 Å². The first kappa shape index (κ1) is 24.2. The van der Waals surface area contributed by atoms with E-state index in [0.29, 0.717) is 13.1 Å². The maximum Gasteiger partial charge on any atom is 0.433 e. The molecule has 8 nitrogen and oxygen atoms in total. The summed E-state index contributed by atoms with van der Waals surface area (Å²) in [7, 11) is 1.21. The van der Waals surface area contributed by atoms with E-state index >= 15 is 0 Å². The molecule has 2 rings (SSSR count). The maximum atomic E-state index is 12.9. The summed E-state index contributed by atoms with van der Waals surface area (Å²) in [5, 5.41) is 20.3. The van der Waals surface area contributed by atoms with Crippen molar-refractivity contribution in [3.8, 4) is 5.75 Å². The second-order valence-corrected chi connectivity index (χ2v) is 8.08. The summed E-state index contributed by atoms with van der Waals surface area (Å²) < 4.78 is 48.9. The number of hydrogen-bond acceptors (Lipinski definition) is 7. The Bertz CT molecular complexity index is 739. The number of hydrogen-bond donors (Lipinski definition) is 2. The van der Waals surface area contributed by atoms with Crippen LogP contribution in [0.25, 0.3) is 0 Å². The summed E-state index contributed by atoms with van der Waals surface area (Å²) in [6.07, 6.45) is -5.37. The number of pyridine rings is 1. The third kappa shape index (κ3) is 6.19. The lowest BCUT2D eigenvalue weighted by molar-refractivity contribution is -0.141. The van der Waals surface area contributed by atoms with Gasteiger partial charge in [-0.3, -0.25) is 9.88 Å². The molecule has 1 aliphatic rings. The van der Waals surface area contributed by atoms with Crippen LogP contribution in [-0.4, -0.2) is 82.6 Å². The third-order valence-electron chi connectivity index (χ3n) is 4.64. The highest BCUT2D eigenvalue weighted by Gasteiger charge is 2.35. The Morgan fingerprint density at radius 2 is 2.00 bits per heavy atom. The van der Waals surface area contributed by atoms with E-state index in [0.717, 1.165) is 12.3 Å². The van der Waals surface area contributed by atoms with Crippen LogP contribution in [0.3, 0.4) is 0 Å². The Morgan fingerprint density at radius 3 is 2.53 bits per heavy atom. The number of halogens is 3. The number of aromatic nitrogens is 1. The molecule has 0 aliphatic carbocycles. The molecule has 0 radical (unpaired) electrons. The molecule has 1 aromatic rings. The van der Waals surface area contributed by atoms with Gasteiger partial charge in [0.2, 0.25) is 0 Å². The monoisotopic (exact) mass is 435 g/mol. The quantitative estimate of drug-likeness (QED) is 0.731. The standard InChI is InChI=1S/C19H28F3N3O5/c1-18(2,3)30-17(28)25-6-5-24(12(9-25)11-26)10-14(27)13-8-23-16(19(20,21)22)7-15(13)29-4/h7-8,12,14,26-27H,5-6,9-11H2,1-4H3/t12-,14?/m0/s1. The molecule has 0 bridgehead atoms. The van der Waals surface area contributed by atoms with E-state index in [1.165, 1.54) is 12.0 Å². The van der Waals surface area contributed by atoms with Crippen molar-refractivity contribution in [2.75, 3.05) is 39.9 Å². The summed E-state index contributed by atoms with van der Waals surface area (Å²) in [5.41, 5.74) is -1.66. The van der Waals surface area contributed by atoms with Crippen molar-refractivity contribution in [1.29, 1.82) is 0 Å². The van der Waals surface area contributed by atoms with Gasteiger partial charge in [-0.15, -0.1) is 0 Å². The van der Waals surface area contributed by atoms with Crippen LogP contribution < -0.4 is 4.74 Å². The van der Waals surface area contributed by atoms with E-state index in [9.17, 15) is 28.2 Å². The van der Waals surface area contributed by atoms with Gasteiger partial charge in [0.15, 0.2) is 0 Å². The Labute approximate surface area is 173 Å². The van der Waals surface area contributed by atoms with Gasteiger partial charge >= 0.3 is 12.3 Å². The number of ether oxygens (including phenoxy) is 2. The smallest absolute Gasteiger partial charge is 0.433 e. The minimum atomic E-state index is -4.63. The number of methoxy groups -OCH3 is 1. The minimum absolute atomic E-state index is 0.0246. The van der Waals surface area contributed by atoms with E-state index in [4.69, 9.17) is 9.47 Å². The number of amides is 1. The van der Waals surface area contributed by atoms with Gasteiger partial charge in [0.25, 0.3) is 0 Å². The van der Waals surface area contributed by atoms with Crippen LogP contribution in [0.2, 0.25) is 0 Å². The zero-order chi connectivity index (χ0) is 22.7. The molecular weight excluding hydrogens is 407 g/mol. The average molecular weight is 435 g/mol. The van der Waals surface area contributed by atoms with Crippen LogP contribution in [0, 0.1) is 0 Å². The fraction of sp³-hybridized carbons (Fsp3) is 0.684. The third-order valence-corrected chi connectivity index (χ3v) is 4.64. The number of β-amino-alcohol motifs (C(OH)–C–C–N with tert-alkyl or cyclic N) is 1. The molecule has 1 unspecified atom stereocenters. The number of aliphatic hydroxyl groups is 2. The molecule has 2 atom stereocenters. The zero-order valence-electron chi connectivity index (χ0n) is 17.4. The van der Waals surface area contributed by atoms with Crippen molar-refractivity contribution in [1.82, 2.24) is 14.8 Å². The summed E-state index contributed by atoms with van der Waals surface area (Å²) in [6, 6.07) is 0.275. The highest BCUT2D eigenvalue weighted by atomic mass is 19.4. The first-order valence-electron chi connectivity index (χ1n) is 9.47. The molecule has 2 N–H and O–H groups in total. The Hall–Kier alpha value is -2.11. The van der Waals surface area contributed by atoms with Gasteiger partial charge in [-0.1, -0.05) is 0 Å². The van der Waals surface area contributed by atoms with Gasteiger partial charge < -0.3 is 24.6 Å². The summed E-state index contributed by atoms with van der Waals surface area (Å²) in [6.45, 7) is 5.88. The van der Waals surface area contributed by atoms with Gasteiger partial charge in [-0.25, -0.2) is 4.79 Å². The van der Waals surface area contributed by atoms with Crippen LogP contribution in [0.1, 0.15) is 38.1 Å². The summed E-state index contributed by atoms with van der Waals surface area (Å²) >= 11 is 0. The lowest BCUT2D eigenvalue weighted by atomic mass is 10.1. The molecule has 0 spiro atoms. The normalized spacial score (nSPS) is 19.5. The van der Waals surface area contributed by atoms with Crippen LogP contribution >= 0.6 is 0 Å². The molecule has 170 valence electrons. The van der Waals surface area contributed by atoms with Crippen molar-refractivity contribution in [3.63, 3.8) is 0 Å². The molecule has 0 saturated carbocycles. The second-order valence-electron chi connectivity index (χ2n) is 8.08. The number of piperazine rings is 1. The lowest BCUT2D eigenvalue weighted by Crippen LogP contribution is -2.57. The van der Waals surface area contributed by atoms with E-state index in [1.807, 2.05) is 0 Å². The van der Waals surface area contributed by atoms with Crippen molar-refractivity contribution >= 4 is 6.09 Å². The van der Waals surface area contributed by atoms with Crippen LogP contribution in [0.5, 0.6) is 5.75 Å². The van der Waals surface area contributed by atoms with E-state index in [1.54, 1.807) is 25.7 Å². The van der Waals surface area contributed by atoms with Crippen LogP contribution in [0.15, 0.2) is 12.3 Å². The fourth-order valence-corrected chi connectivity index (χ4v) is 3.15. The minimum Gasteiger partial charge on any atom is -0.496 e. The number of nitrogens with zero attached hydrogens (tertiary/aromatic N) is 3. The highest BCUT2D eigenvalue weighted by Crippen LogP contribution is 2.33. The largest absolute Gasteiger partial charge is 0.496 e. The number of alkyl halides is 3. The summed E-state index contributed by atoms with van der Waals surface area (Å²) in [5.74, 6) is -0.127. The van der Waals surface area contributed by atoms with Gasteiger partial charge in [0.05, 0.1) is 25.9 Å². The Balaban J connectivity index is 2.08. The molecule has 0 aromatic carbocycles. The number of carbonyl (C=O) groups is 1. The van der Waals surface area contributed by atoms with Crippen molar-refractivity contribution in [3.05, 3.63) is 23.5 Å². The molecule has 1 fully saturated rings. The van der Waals surface area contributed by atoms with Gasteiger partial charge in [-0.2, -0.15) is 13.2 Å². The van der Waals surface area contributed by atoms with Crippen molar-refractivity contribution in [2.45, 2.75) is 44.7 Å². The molecule has 2 heterocycles. The van der Waals surface area contributed by atoms with Gasteiger partial charge in [-0.05, 0) is 20.8 Å². The average Bonchev–Trinajstić information content (AvgIpc) is 2.65. The fourth-order valence-electron chi connectivity index (χ4n) is 3.15. The number of rotatable bonds is 5. The van der Waals surface area contributed by atoms with Gasteiger partial charge in [0.1, 0.15) is 17.0 Å².